The third kappa shape index (κ3) is 2.64. The van der Waals surface area contributed by atoms with Crippen LogP contribution in [0, 0.1) is 5.82 Å². The first kappa shape index (κ1) is 12.5. The molecule has 2 aromatic rings. The number of aromatic nitrogens is 1. The minimum Gasteiger partial charge on any atom is -0.494 e. The Morgan fingerprint density at radius 2 is 2.17 bits per heavy atom. The third-order valence-corrected chi connectivity index (χ3v) is 2.89. The summed E-state index contributed by atoms with van der Waals surface area (Å²) in [7, 11) is 1.54. The van der Waals surface area contributed by atoms with Crippen LogP contribution in [0.5, 0.6) is 5.75 Å². The molecule has 4 heteroatoms. The van der Waals surface area contributed by atoms with Gasteiger partial charge in [0.05, 0.1) is 19.3 Å². The molecule has 0 aliphatic carbocycles. The van der Waals surface area contributed by atoms with Gasteiger partial charge in [-0.05, 0) is 31.2 Å². The summed E-state index contributed by atoms with van der Waals surface area (Å²) in [6.45, 7) is 3.72. The Labute approximate surface area is 106 Å². The van der Waals surface area contributed by atoms with Gasteiger partial charge in [0.2, 0.25) is 0 Å². The van der Waals surface area contributed by atoms with Gasteiger partial charge in [0.1, 0.15) is 11.6 Å². The first-order valence-electron chi connectivity index (χ1n) is 5.96. The van der Waals surface area contributed by atoms with Crippen LogP contribution in [0.1, 0.15) is 12.6 Å². The minimum absolute atomic E-state index is 0.297. The monoisotopic (exact) mass is 248 g/mol. The summed E-state index contributed by atoms with van der Waals surface area (Å²) in [5.74, 6) is 0.221. The molecule has 0 aliphatic rings. The van der Waals surface area contributed by atoms with Crippen molar-refractivity contribution in [1.82, 2.24) is 4.57 Å². The number of halogens is 1. The lowest BCUT2D eigenvalue weighted by molar-refractivity contribution is 0.413. The lowest BCUT2D eigenvalue weighted by Crippen LogP contribution is -2.06. The lowest BCUT2D eigenvalue weighted by atomic mass is 10.2. The number of nitrogens with one attached hydrogen (secondary N) is 1. The van der Waals surface area contributed by atoms with Gasteiger partial charge in [-0.2, -0.15) is 0 Å². The summed E-state index contributed by atoms with van der Waals surface area (Å²) >= 11 is 0. The topological polar surface area (TPSA) is 26.2 Å². The van der Waals surface area contributed by atoms with Crippen LogP contribution < -0.4 is 10.1 Å². The highest BCUT2D eigenvalue weighted by atomic mass is 19.1. The summed E-state index contributed by atoms with van der Waals surface area (Å²) < 4.78 is 20.4. The van der Waals surface area contributed by atoms with E-state index in [0.29, 0.717) is 12.3 Å². The van der Waals surface area contributed by atoms with E-state index in [1.807, 2.05) is 12.3 Å². The fourth-order valence-electron chi connectivity index (χ4n) is 1.92. The molecule has 2 rings (SSSR count). The van der Waals surface area contributed by atoms with E-state index in [1.165, 1.54) is 24.9 Å². The molecule has 0 spiro atoms. The average Bonchev–Trinajstić information content (AvgIpc) is 2.84. The molecule has 0 bridgehead atoms. The van der Waals surface area contributed by atoms with E-state index < -0.39 is 0 Å². The highest BCUT2D eigenvalue weighted by Crippen LogP contribution is 2.25. The van der Waals surface area contributed by atoms with Crippen molar-refractivity contribution in [2.45, 2.75) is 20.0 Å². The van der Waals surface area contributed by atoms with Gasteiger partial charge in [0.25, 0.3) is 0 Å². The van der Waals surface area contributed by atoms with E-state index >= 15 is 0 Å². The van der Waals surface area contributed by atoms with E-state index in [4.69, 9.17) is 4.74 Å². The van der Waals surface area contributed by atoms with Crippen molar-refractivity contribution in [3.63, 3.8) is 0 Å². The summed E-state index contributed by atoms with van der Waals surface area (Å²) in [6.07, 6.45) is 2.04. The maximum absolute atomic E-state index is 13.1. The normalized spacial score (nSPS) is 10.4. The predicted octanol–water partition coefficient (Wildman–Crippen LogP) is 3.27. The zero-order valence-corrected chi connectivity index (χ0v) is 10.6. The summed E-state index contributed by atoms with van der Waals surface area (Å²) in [5.41, 5.74) is 1.98. The van der Waals surface area contributed by atoms with Gasteiger partial charge < -0.3 is 14.6 Å². The molecule has 96 valence electrons. The fraction of sp³-hybridized carbons (Fsp3) is 0.286. The van der Waals surface area contributed by atoms with Crippen molar-refractivity contribution in [1.29, 1.82) is 0 Å². The molecule has 1 heterocycles. The second-order valence-electron chi connectivity index (χ2n) is 3.98. The molecule has 0 saturated carbocycles. The van der Waals surface area contributed by atoms with Crippen LogP contribution in [0.2, 0.25) is 0 Å². The third-order valence-electron chi connectivity index (χ3n) is 2.89. The molecule has 3 nitrogen and oxygen atoms in total. The average molecular weight is 248 g/mol. The molecule has 1 aromatic carbocycles. The number of aryl methyl sites for hydroxylation is 1. The fourth-order valence-corrected chi connectivity index (χ4v) is 1.92. The van der Waals surface area contributed by atoms with E-state index in [9.17, 15) is 4.39 Å². The van der Waals surface area contributed by atoms with Crippen LogP contribution in [-0.2, 0) is 13.1 Å². The van der Waals surface area contributed by atoms with E-state index in [1.54, 1.807) is 6.07 Å². The second-order valence-corrected chi connectivity index (χ2v) is 3.98. The molecule has 0 radical (unpaired) electrons. The van der Waals surface area contributed by atoms with Gasteiger partial charge in [0, 0.05) is 24.5 Å². The zero-order chi connectivity index (χ0) is 13.0. The standard InChI is InChI=1S/C14H17FN2O/c1-3-17-8-4-5-12(17)10-16-13-7-6-11(15)9-14(13)18-2/h4-9,16H,3,10H2,1-2H3. The van der Waals surface area contributed by atoms with Crippen LogP contribution in [0.15, 0.2) is 36.5 Å². The minimum atomic E-state index is -0.297. The quantitative estimate of drug-likeness (QED) is 0.879. The maximum atomic E-state index is 13.1. The largest absolute Gasteiger partial charge is 0.494 e. The Bertz CT molecular complexity index is 522. The highest BCUT2D eigenvalue weighted by molar-refractivity contribution is 5.56. The molecule has 1 aromatic heterocycles. The predicted molar refractivity (Wildman–Crippen MR) is 70.4 cm³/mol. The molecule has 0 aliphatic heterocycles. The van der Waals surface area contributed by atoms with Crippen molar-refractivity contribution >= 4 is 5.69 Å². The van der Waals surface area contributed by atoms with Crippen LogP contribution in [0.3, 0.4) is 0 Å². The number of methoxy groups -OCH3 is 1. The van der Waals surface area contributed by atoms with Gasteiger partial charge in [-0.15, -0.1) is 0 Å². The molecule has 0 fully saturated rings. The van der Waals surface area contributed by atoms with E-state index in [0.717, 1.165) is 12.2 Å². The smallest absolute Gasteiger partial charge is 0.144 e. The number of nitrogens with zero attached hydrogens (tertiary/aromatic N) is 1. The van der Waals surface area contributed by atoms with Gasteiger partial charge in [-0.1, -0.05) is 0 Å². The van der Waals surface area contributed by atoms with Crippen molar-refractivity contribution < 1.29 is 9.13 Å². The Kier molecular flexibility index (Phi) is 3.87. The molecular weight excluding hydrogens is 231 g/mol. The van der Waals surface area contributed by atoms with Gasteiger partial charge in [-0.25, -0.2) is 4.39 Å². The van der Waals surface area contributed by atoms with Crippen LogP contribution in [-0.4, -0.2) is 11.7 Å². The van der Waals surface area contributed by atoms with Crippen LogP contribution in [0.25, 0.3) is 0 Å². The number of hydrogen-bond acceptors (Lipinski definition) is 2. The van der Waals surface area contributed by atoms with Crippen molar-refractivity contribution in [2.75, 3.05) is 12.4 Å². The zero-order valence-electron chi connectivity index (χ0n) is 10.6. The SMILES string of the molecule is CCn1cccc1CNc1ccc(F)cc1OC. The number of ether oxygens (including phenoxy) is 1. The Morgan fingerprint density at radius 1 is 1.33 bits per heavy atom. The highest BCUT2D eigenvalue weighted by Gasteiger charge is 2.05. The molecular formula is C14H17FN2O. The Balaban J connectivity index is 2.10. The maximum Gasteiger partial charge on any atom is 0.144 e. The second kappa shape index (κ2) is 5.58. The van der Waals surface area contributed by atoms with Crippen molar-refractivity contribution in [3.05, 3.63) is 48.0 Å². The molecule has 0 amide bonds. The Morgan fingerprint density at radius 3 is 2.89 bits per heavy atom. The molecule has 0 atom stereocenters. The first-order valence-corrected chi connectivity index (χ1v) is 5.96. The number of hydrogen-bond donors (Lipinski definition) is 1. The van der Waals surface area contributed by atoms with E-state index in [-0.39, 0.29) is 5.82 Å². The Hall–Kier alpha value is -1.97. The molecule has 0 saturated heterocycles. The van der Waals surface area contributed by atoms with Crippen molar-refractivity contribution in [2.24, 2.45) is 0 Å². The number of anilines is 1. The van der Waals surface area contributed by atoms with E-state index in [2.05, 4.69) is 22.9 Å². The number of benzene rings is 1. The van der Waals surface area contributed by atoms with Gasteiger partial charge in [-0.3, -0.25) is 0 Å². The summed E-state index contributed by atoms with van der Waals surface area (Å²) in [5, 5.41) is 3.26. The van der Waals surface area contributed by atoms with Crippen LogP contribution >= 0.6 is 0 Å². The summed E-state index contributed by atoms with van der Waals surface area (Å²) in [6, 6.07) is 8.56. The lowest BCUT2D eigenvalue weighted by Gasteiger charge is -2.12. The van der Waals surface area contributed by atoms with Crippen molar-refractivity contribution in [3.8, 4) is 5.75 Å². The molecule has 18 heavy (non-hydrogen) atoms. The molecule has 1 N–H and O–H groups in total. The van der Waals surface area contributed by atoms with Gasteiger partial charge in [0.15, 0.2) is 0 Å². The molecule has 0 unspecified atom stereocenters. The first-order chi connectivity index (χ1) is 8.74. The van der Waals surface area contributed by atoms with Gasteiger partial charge >= 0.3 is 0 Å². The number of rotatable bonds is 5. The summed E-state index contributed by atoms with van der Waals surface area (Å²) in [4.78, 5) is 0. The van der Waals surface area contributed by atoms with Crippen LogP contribution in [0.4, 0.5) is 10.1 Å².